The van der Waals surface area contributed by atoms with Crippen LogP contribution in [0.4, 0.5) is 0 Å². The molecule has 0 aromatic heterocycles. The molecule has 0 aromatic carbocycles. The summed E-state index contributed by atoms with van der Waals surface area (Å²) in [4.78, 5) is 11.8. The van der Waals surface area contributed by atoms with Gasteiger partial charge in [-0.3, -0.25) is 4.79 Å². The molecular weight excluding hydrogens is 284 g/mol. The monoisotopic (exact) mass is 312 g/mol. The average Bonchev–Trinajstić information content (AvgIpc) is 2.79. The van der Waals surface area contributed by atoms with Crippen molar-refractivity contribution in [2.45, 2.75) is 64.4 Å². The Labute approximate surface area is 139 Å². The summed E-state index contributed by atoms with van der Waals surface area (Å²) in [7, 11) is 0. The topological polar surface area (TPSA) is 37.3 Å². The van der Waals surface area contributed by atoms with Gasteiger partial charge in [-0.25, -0.2) is 0 Å². The molecular formula is C21H28O2. The molecule has 1 N–H and O–H groups in total. The fraction of sp³-hybridized carbons (Fsp3) is 0.762. The predicted molar refractivity (Wildman–Crippen MR) is 90.4 cm³/mol. The number of carbonyl (C=O) groups excluding carboxylic acids is 1. The summed E-state index contributed by atoms with van der Waals surface area (Å²) >= 11 is 0. The number of aliphatic hydroxyl groups is 1. The van der Waals surface area contributed by atoms with Crippen molar-refractivity contribution in [1.82, 2.24) is 0 Å². The normalized spacial score (nSPS) is 52.0. The van der Waals surface area contributed by atoms with Crippen LogP contribution in [0.15, 0.2) is 11.6 Å². The van der Waals surface area contributed by atoms with Gasteiger partial charge in [-0.15, -0.1) is 6.42 Å². The Balaban J connectivity index is 1.71. The molecule has 4 rings (SSSR count). The van der Waals surface area contributed by atoms with Crippen LogP contribution in [-0.4, -0.2) is 16.5 Å². The zero-order chi connectivity index (χ0) is 16.4. The Morgan fingerprint density at radius 3 is 2.87 bits per heavy atom. The molecule has 4 aliphatic carbocycles. The molecule has 2 nitrogen and oxygen atoms in total. The molecule has 0 radical (unpaired) electrons. The van der Waals surface area contributed by atoms with E-state index in [1.165, 1.54) is 0 Å². The van der Waals surface area contributed by atoms with E-state index in [-0.39, 0.29) is 5.41 Å². The van der Waals surface area contributed by atoms with Crippen molar-refractivity contribution in [2.75, 3.05) is 0 Å². The minimum atomic E-state index is -0.921. The highest BCUT2D eigenvalue weighted by atomic mass is 16.3. The molecule has 0 saturated heterocycles. The van der Waals surface area contributed by atoms with Crippen molar-refractivity contribution in [1.29, 1.82) is 0 Å². The first kappa shape index (κ1) is 15.5. The number of terminal acetylenes is 1. The van der Waals surface area contributed by atoms with Crippen molar-refractivity contribution in [3.63, 3.8) is 0 Å². The number of hydrogen-bond acceptors (Lipinski definition) is 2. The average molecular weight is 312 g/mol. The number of rotatable bonds is 0. The van der Waals surface area contributed by atoms with Gasteiger partial charge in [-0.2, -0.15) is 0 Å². The summed E-state index contributed by atoms with van der Waals surface area (Å²) < 4.78 is 0. The SMILES string of the molecule is C#C[C@]1(O)CC[C@H]2[C@@H]3[C@H](C)CC4CC(=O)CC=C4[C@H]3CC[C@@]21C. The van der Waals surface area contributed by atoms with Gasteiger partial charge in [-0.1, -0.05) is 31.4 Å². The van der Waals surface area contributed by atoms with E-state index in [4.69, 9.17) is 6.42 Å². The van der Waals surface area contributed by atoms with Crippen LogP contribution >= 0.6 is 0 Å². The van der Waals surface area contributed by atoms with Crippen LogP contribution in [0.5, 0.6) is 0 Å². The Bertz CT molecular complexity index is 612. The summed E-state index contributed by atoms with van der Waals surface area (Å²) in [5.41, 5.74) is 0.524. The summed E-state index contributed by atoms with van der Waals surface area (Å²) in [6.07, 6.45) is 14.5. The third kappa shape index (κ3) is 1.96. The van der Waals surface area contributed by atoms with Crippen molar-refractivity contribution >= 4 is 5.78 Å². The van der Waals surface area contributed by atoms with Gasteiger partial charge >= 0.3 is 0 Å². The summed E-state index contributed by atoms with van der Waals surface area (Å²) in [6.45, 7) is 4.60. The van der Waals surface area contributed by atoms with E-state index >= 15 is 0 Å². The third-order valence-electron chi connectivity index (χ3n) is 7.98. The van der Waals surface area contributed by atoms with E-state index in [1.807, 2.05) is 0 Å². The van der Waals surface area contributed by atoms with Gasteiger partial charge in [0, 0.05) is 18.3 Å². The molecule has 0 amide bonds. The molecule has 0 aliphatic heterocycles. The van der Waals surface area contributed by atoms with Crippen molar-refractivity contribution in [3.05, 3.63) is 11.6 Å². The van der Waals surface area contributed by atoms with Crippen molar-refractivity contribution in [2.24, 2.45) is 35.0 Å². The van der Waals surface area contributed by atoms with Crippen LogP contribution in [0.25, 0.3) is 0 Å². The summed E-state index contributed by atoms with van der Waals surface area (Å²) in [5.74, 6) is 6.05. The second kappa shape index (κ2) is 4.96. The van der Waals surface area contributed by atoms with Gasteiger partial charge in [0.25, 0.3) is 0 Å². The number of Topliss-reactive ketones (excluding diaryl/α,β-unsaturated/α-hetero) is 1. The number of hydrogen-bond donors (Lipinski definition) is 1. The maximum Gasteiger partial charge on any atom is 0.137 e. The van der Waals surface area contributed by atoms with E-state index in [0.29, 0.717) is 41.8 Å². The molecule has 7 atom stereocenters. The number of carbonyl (C=O) groups is 1. The van der Waals surface area contributed by atoms with Crippen LogP contribution in [0.3, 0.4) is 0 Å². The minimum Gasteiger partial charge on any atom is -0.377 e. The van der Waals surface area contributed by atoms with Crippen LogP contribution in [0, 0.1) is 47.3 Å². The lowest BCUT2D eigenvalue weighted by Crippen LogP contribution is -2.53. The maximum atomic E-state index is 11.8. The van der Waals surface area contributed by atoms with E-state index < -0.39 is 5.60 Å². The van der Waals surface area contributed by atoms with Gasteiger partial charge in [0.2, 0.25) is 0 Å². The van der Waals surface area contributed by atoms with Gasteiger partial charge < -0.3 is 5.11 Å². The number of ketones is 1. The third-order valence-corrected chi connectivity index (χ3v) is 7.98. The quantitative estimate of drug-likeness (QED) is 0.546. The molecule has 3 fully saturated rings. The fourth-order valence-corrected chi connectivity index (χ4v) is 6.79. The predicted octanol–water partition coefficient (Wildman–Crippen LogP) is 3.74. The lowest BCUT2D eigenvalue weighted by atomic mass is 9.49. The highest BCUT2D eigenvalue weighted by Crippen LogP contribution is 2.65. The lowest BCUT2D eigenvalue weighted by Gasteiger charge is -2.56. The Morgan fingerprint density at radius 2 is 2.13 bits per heavy atom. The largest absolute Gasteiger partial charge is 0.377 e. The second-order valence-corrected chi connectivity index (χ2v) is 8.85. The highest BCUT2D eigenvalue weighted by molar-refractivity contribution is 5.82. The van der Waals surface area contributed by atoms with Gasteiger partial charge in [0.15, 0.2) is 0 Å². The molecule has 4 aliphatic rings. The van der Waals surface area contributed by atoms with Gasteiger partial charge in [0.1, 0.15) is 11.4 Å². The summed E-state index contributed by atoms with van der Waals surface area (Å²) in [6, 6.07) is 0. The standard InChI is InChI=1S/C21H28O2/c1-4-21(23)10-8-18-19-13(2)11-14-12-15(22)5-6-16(14)17(19)7-9-20(18,21)3/h1,6,13-14,17-19,23H,5,7-12H2,2-3H3/t13-,14?,17-,18+,19-,20+,21+/m1/s1. The Kier molecular flexibility index (Phi) is 3.34. The maximum absolute atomic E-state index is 11.8. The van der Waals surface area contributed by atoms with Crippen LogP contribution in [-0.2, 0) is 4.79 Å². The van der Waals surface area contributed by atoms with Crippen LogP contribution in [0.2, 0.25) is 0 Å². The lowest BCUT2D eigenvalue weighted by molar-refractivity contribution is -0.120. The fourth-order valence-electron chi connectivity index (χ4n) is 6.79. The Hall–Kier alpha value is -1.07. The molecule has 124 valence electrons. The van der Waals surface area contributed by atoms with Crippen molar-refractivity contribution < 1.29 is 9.90 Å². The summed E-state index contributed by atoms with van der Waals surface area (Å²) in [5, 5.41) is 11.0. The molecule has 1 unspecified atom stereocenters. The van der Waals surface area contributed by atoms with Crippen LogP contribution < -0.4 is 0 Å². The van der Waals surface area contributed by atoms with Crippen LogP contribution in [0.1, 0.15) is 58.8 Å². The van der Waals surface area contributed by atoms with E-state index in [1.54, 1.807) is 5.57 Å². The first-order valence-corrected chi connectivity index (χ1v) is 9.31. The van der Waals surface area contributed by atoms with E-state index in [9.17, 15) is 9.90 Å². The number of fused-ring (bicyclic) bond motifs is 5. The molecule has 23 heavy (non-hydrogen) atoms. The highest BCUT2D eigenvalue weighted by Gasteiger charge is 2.62. The zero-order valence-corrected chi connectivity index (χ0v) is 14.3. The molecule has 0 aromatic rings. The second-order valence-electron chi connectivity index (χ2n) is 8.85. The zero-order valence-electron chi connectivity index (χ0n) is 14.3. The van der Waals surface area contributed by atoms with Gasteiger partial charge in [0.05, 0.1) is 0 Å². The van der Waals surface area contributed by atoms with E-state index in [0.717, 1.165) is 38.5 Å². The molecule has 2 heteroatoms. The number of allylic oxidation sites excluding steroid dienone is 2. The smallest absolute Gasteiger partial charge is 0.137 e. The minimum absolute atomic E-state index is 0.130. The van der Waals surface area contributed by atoms with Gasteiger partial charge in [-0.05, 0) is 61.7 Å². The first-order chi connectivity index (χ1) is 10.9. The van der Waals surface area contributed by atoms with E-state index in [2.05, 4.69) is 25.8 Å². The molecule has 0 heterocycles. The molecule has 0 spiro atoms. The molecule has 0 bridgehead atoms. The van der Waals surface area contributed by atoms with Crippen molar-refractivity contribution in [3.8, 4) is 12.3 Å². The Morgan fingerprint density at radius 1 is 1.35 bits per heavy atom. The molecule has 3 saturated carbocycles. The first-order valence-electron chi connectivity index (χ1n) is 9.31.